The molecule has 0 amide bonds. The summed E-state index contributed by atoms with van der Waals surface area (Å²) in [5.41, 5.74) is 9.87. The lowest BCUT2D eigenvalue weighted by atomic mass is 9.65. The Kier molecular flexibility index (Phi) is 34.6. The van der Waals surface area contributed by atoms with E-state index >= 15 is 0 Å². The SMILES string of the molecule is c1ccc(C(c2ccccc2)(c2ccccc2)c2ccc(OCCOCCOCCOc3ccc(OCCOCCOCCOc4ccc(N=Nc5ccc(OCCOCCOCCOc6ccc(OCCOCCOCCOc7ccc(C(c8ccccc8)(c8ccccc8)c8ccccc8)cc7)cc6)cc5)cc4)cc3)cc2)cc1. The Hall–Kier alpha value is -11.7. The average molecular weight is 1560 g/mol. The third kappa shape index (κ3) is 25.9. The van der Waals surface area contributed by atoms with Crippen molar-refractivity contribution in [3.8, 4) is 46.0 Å². The Morgan fingerprint density at radius 2 is 0.267 bits per heavy atom. The maximum atomic E-state index is 6.08. The summed E-state index contributed by atoms with van der Waals surface area (Å²) in [6.45, 7) is 10.3. The molecule has 18 heteroatoms. The lowest BCUT2D eigenvalue weighted by Crippen LogP contribution is -2.30. The van der Waals surface area contributed by atoms with Gasteiger partial charge in [0.1, 0.15) is 98.9 Å². The van der Waals surface area contributed by atoms with E-state index < -0.39 is 10.8 Å². The van der Waals surface area contributed by atoms with Gasteiger partial charge in [-0.05, 0) is 166 Å². The molecular weight excluding hydrogens is 1460 g/mol. The summed E-state index contributed by atoms with van der Waals surface area (Å²) >= 11 is 0. The minimum atomic E-state index is -0.501. The number of hydrogen-bond acceptors (Lipinski definition) is 18. The molecule has 0 atom stereocenters. The molecule has 0 fully saturated rings. The summed E-state index contributed by atoms with van der Waals surface area (Å²) in [7, 11) is 0. The minimum absolute atomic E-state index is 0.394. The number of ether oxygens (including phenoxy) is 16. The maximum absolute atomic E-state index is 6.08. The zero-order chi connectivity index (χ0) is 79.3. The summed E-state index contributed by atoms with van der Waals surface area (Å²) in [6.07, 6.45) is 0. The smallest absolute Gasteiger partial charge is 0.119 e. The van der Waals surface area contributed by atoms with Crippen molar-refractivity contribution in [1.82, 2.24) is 0 Å². The summed E-state index contributed by atoms with van der Waals surface area (Å²) < 4.78 is 93.1. The highest BCUT2D eigenvalue weighted by molar-refractivity contribution is 5.62. The molecule has 600 valence electrons. The van der Waals surface area contributed by atoms with E-state index in [1.807, 2.05) is 121 Å². The molecule has 0 saturated heterocycles. The van der Waals surface area contributed by atoms with Crippen molar-refractivity contribution in [3.63, 3.8) is 0 Å². The van der Waals surface area contributed by atoms with Crippen LogP contribution in [-0.4, -0.2) is 159 Å². The van der Waals surface area contributed by atoms with Crippen LogP contribution in [0.2, 0.25) is 0 Å². The molecule has 0 saturated carbocycles. The van der Waals surface area contributed by atoms with Gasteiger partial charge >= 0.3 is 0 Å². The average Bonchev–Trinajstić information content (AvgIpc) is 0.742. The number of hydrogen-bond donors (Lipinski definition) is 0. The Labute approximate surface area is 681 Å². The van der Waals surface area contributed by atoms with Crippen LogP contribution in [0.1, 0.15) is 44.5 Å². The molecule has 116 heavy (non-hydrogen) atoms. The first-order valence-electron chi connectivity index (χ1n) is 39.6. The van der Waals surface area contributed by atoms with Gasteiger partial charge in [-0.3, -0.25) is 0 Å². The Morgan fingerprint density at radius 1 is 0.138 bits per heavy atom. The zero-order valence-corrected chi connectivity index (χ0v) is 65.6. The van der Waals surface area contributed by atoms with E-state index in [2.05, 4.69) is 216 Å². The lowest BCUT2D eigenvalue weighted by Gasteiger charge is -2.36. The van der Waals surface area contributed by atoms with Crippen molar-refractivity contribution in [3.05, 3.63) is 372 Å². The van der Waals surface area contributed by atoms with Crippen LogP contribution >= 0.6 is 0 Å². The summed E-state index contributed by atoms with van der Waals surface area (Å²) in [6, 6.07) is 111. The second-order valence-electron chi connectivity index (χ2n) is 26.6. The Balaban J connectivity index is 0.410. The van der Waals surface area contributed by atoms with Crippen LogP contribution in [0, 0.1) is 0 Å². The highest BCUT2D eigenvalue weighted by Gasteiger charge is 2.40. The first-order chi connectivity index (χ1) is 57.6. The predicted molar refractivity (Wildman–Crippen MR) is 450 cm³/mol. The zero-order valence-electron chi connectivity index (χ0n) is 65.6. The fraction of sp³-hybridized carbons (Fsp3) is 0.265. The monoisotopic (exact) mass is 1560 g/mol. The van der Waals surface area contributed by atoms with Crippen molar-refractivity contribution < 1.29 is 75.8 Å². The Morgan fingerprint density at radius 3 is 0.431 bits per heavy atom. The molecule has 0 spiro atoms. The molecule has 0 N–H and O–H groups in total. The minimum Gasteiger partial charge on any atom is -0.491 e. The van der Waals surface area contributed by atoms with Gasteiger partial charge in [-0.25, -0.2) is 0 Å². The molecule has 0 bridgehead atoms. The van der Waals surface area contributed by atoms with E-state index in [4.69, 9.17) is 75.8 Å². The van der Waals surface area contributed by atoms with Gasteiger partial charge < -0.3 is 75.8 Å². The highest BCUT2D eigenvalue weighted by atomic mass is 16.6. The van der Waals surface area contributed by atoms with Gasteiger partial charge in [0.15, 0.2) is 0 Å². The van der Waals surface area contributed by atoms with Gasteiger partial charge in [0.05, 0.1) is 128 Å². The molecule has 12 aromatic rings. The normalized spacial score (nSPS) is 11.5. The molecular formula is C98H102N2O16. The standard InChI is InChI=1S/C98H102N2O16/c1-7-19-79(20-8-1)97(80-21-9-2-10-22-80,81-23-11-3-12-24-81)85-31-39-89(40-32-85)109-71-63-101-55-59-105-67-75-113-93-47-51-95(52-48-93)115-77-69-107-61-57-103-65-73-111-91-43-35-87(36-44-91)99-100-88-37-45-92(46-38-88)112-74-66-104-58-62-108-70-78-116-96-53-49-94(50-54-96)114-76-68-106-60-56-102-64-72-110-90-41-33-86(34-42-90)98(82-25-13-4-14-26-82,83-27-15-5-16-28-83)84-29-17-6-18-30-84/h1-54H,55-78H2. The molecule has 0 unspecified atom stereocenters. The predicted octanol–water partition coefficient (Wildman–Crippen LogP) is 18.8. The molecule has 0 heterocycles. The maximum Gasteiger partial charge on any atom is 0.119 e. The van der Waals surface area contributed by atoms with Crippen molar-refractivity contribution in [2.75, 3.05) is 159 Å². The highest BCUT2D eigenvalue weighted by Crippen LogP contribution is 2.47. The van der Waals surface area contributed by atoms with E-state index in [1.165, 1.54) is 33.4 Å². The third-order valence-corrected chi connectivity index (χ3v) is 18.9. The molecule has 18 nitrogen and oxygen atoms in total. The van der Waals surface area contributed by atoms with E-state index in [0.29, 0.717) is 181 Å². The van der Waals surface area contributed by atoms with Gasteiger partial charge in [-0.2, -0.15) is 10.2 Å². The van der Waals surface area contributed by atoms with Gasteiger partial charge in [0.25, 0.3) is 0 Å². The second-order valence-corrected chi connectivity index (χ2v) is 26.6. The van der Waals surface area contributed by atoms with Crippen LogP contribution in [0.25, 0.3) is 0 Å². The fourth-order valence-corrected chi connectivity index (χ4v) is 13.4. The molecule has 0 aliphatic rings. The van der Waals surface area contributed by atoms with Crippen LogP contribution in [0.5, 0.6) is 46.0 Å². The summed E-state index contributed by atoms with van der Waals surface area (Å²) in [4.78, 5) is 0. The first-order valence-corrected chi connectivity index (χ1v) is 39.6. The van der Waals surface area contributed by atoms with Crippen LogP contribution in [0.4, 0.5) is 11.4 Å². The van der Waals surface area contributed by atoms with Gasteiger partial charge in [-0.15, -0.1) is 0 Å². The largest absolute Gasteiger partial charge is 0.491 e. The van der Waals surface area contributed by atoms with E-state index in [9.17, 15) is 0 Å². The Bertz CT molecular complexity index is 4150. The lowest BCUT2D eigenvalue weighted by molar-refractivity contribution is 0.0270. The quantitative estimate of drug-likeness (QED) is 0.0200. The van der Waals surface area contributed by atoms with Crippen LogP contribution in [0.15, 0.2) is 338 Å². The number of azo groups is 1. The van der Waals surface area contributed by atoms with Crippen LogP contribution < -0.4 is 37.9 Å². The van der Waals surface area contributed by atoms with Gasteiger partial charge in [0.2, 0.25) is 0 Å². The fourth-order valence-electron chi connectivity index (χ4n) is 13.4. The first kappa shape index (κ1) is 83.7. The summed E-state index contributed by atoms with van der Waals surface area (Å²) in [5.74, 6) is 5.90. The van der Waals surface area contributed by atoms with Crippen molar-refractivity contribution in [1.29, 1.82) is 0 Å². The van der Waals surface area contributed by atoms with E-state index in [-0.39, 0.29) is 0 Å². The molecule has 0 radical (unpaired) electrons. The number of nitrogens with zero attached hydrogens (tertiary/aromatic N) is 2. The molecule has 0 aromatic heterocycles. The molecule has 0 aliphatic carbocycles. The molecule has 12 aromatic carbocycles. The van der Waals surface area contributed by atoms with Crippen molar-refractivity contribution in [2.45, 2.75) is 10.8 Å². The second kappa shape index (κ2) is 47.9. The van der Waals surface area contributed by atoms with Crippen LogP contribution in [0.3, 0.4) is 0 Å². The van der Waals surface area contributed by atoms with E-state index in [1.54, 1.807) is 0 Å². The molecule has 0 aliphatic heterocycles. The number of rotatable bonds is 54. The van der Waals surface area contributed by atoms with E-state index in [0.717, 1.165) is 45.6 Å². The number of benzene rings is 12. The van der Waals surface area contributed by atoms with Crippen molar-refractivity contribution >= 4 is 11.4 Å². The topological polar surface area (TPSA) is 172 Å². The summed E-state index contributed by atoms with van der Waals surface area (Å²) in [5, 5.41) is 8.73. The van der Waals surface area contributed by atoms with Gasteiger partial charge in [-0.1, -0.05) is 206 Å². The van der Waals surface area contributed by atoms with Crippen LogP contribution in [-0.2, 0) is 48.7 Å². The van der Waals surface area contributed by atoms with Gasteiger partial charge in [0, 0.05) is 0 Å². The van der Waals surface area contributed by atoms with Crippen molar-refractivity contribution in [2.24, 2.45) is 10.2 Å². The molecule has 12 rings (SSSR count). The third-order valence-electron chi connectivity index (χ3n) is 18.9.